The lowest BCUT2D eigenvalue weighted by atomic mass is 10.1. The summed E-state index contributed by atoms with van der Waals surface area (Å²) in [6.07, 6.45) is 2.68. The van der Waals surface area contributed by atoms with Crippen molar-refractivity contribution in [2.75, 3.05) is 6.54 Å². The second-order valence-corrected chi connectivity index (χ2v) is 5.44. The molecule has 1 heterocycles. The van der Waals surface area contributed by atoms with E-state index in [1.54, 1.807) is 0 Å². The molecular weight excluding hydrogens is 258 g/mol. The topological polar surface area (TPSA) is 88.2 Å². The molecule has 0 saturated heterocycles. The molecule has 0 radical (unpaired) electrons. The van der Waals surface area contributed by atoms with Gasteiger partial charge in [0.25, 0.3) is 0 Å². The first kappa shape index (κ1) is 16.6. The number of amides is 1. The van der Waals surface area contributed by atoms with E-state index in [9.17, 15) is 9.90 Å². The maximum Gasteiger partial charge on any atom is 0.227 e. The molecule has 1 aromatic rings. The highest BCUT2D eigenvalue weighted by Gasteiger charge is 2.11. The quantitative estimate of drug-likeness (QED) is 0.716. The minimum atomic E-state index is -0.487. The molecule has 0 aromatic carbocycles. The van der Waals surface area contributed by atoms with Crippen LogP contribution in [0.25, 0.3) is 0 Å². The lowest BCUT2D eigenvalue weighted by Crippen LogP contribution is -2.32. The molecule has 0 aliphatic carbocycles. The van der Waals surface area contributed by atoms with Crippen molar-refractivity contribution in [1.29, 1.82) is 0 Å². The van der Waals surface area contributed by atoms with E-state index in [2.05, 4.69) is 15.5 Å². The number of nitrogens with one attached hydrogen (secondary N) is 1. The minimum Gasteiger partial charge on any atom is -0.391 e. The van der Waals surface area contributed by atoms with Gasteiger partial charge < -0.3 is 14.9 Å². The van der Waals surface area contributed by atoms with Crippen molar-refractivity contribution in [1.82, 2.24) is 15.5 Å². The fraction of sp³-hybridized carbons (Fsp3) is 0.786. The Morgan fingerprint density at radius 3 is 2.80 bits per heavy atom. The van der Waals surface area contributed by atoms with Crippen LogP contribution in [-0.4, -0.2) is 33.8 Å². The number of aliphatic hydroxyl groups is 1. The number of hydrogen-bond donors (Lipinski definition) is 2. The molecule has 0 aliphatic rings. The van der Waals surface area contributed by atoms with Crippen LogP contribution in [0.1, 0.15) is 51.7 Å². The van der Waals surface area contributed by atoms with Crippen molar-refractivity contribution in [2.24, 2.45) is 5.92 Å². The highest BCUT2D eigenvalue weighted by molar-refractivity contribution is 5.76. The van der Waals surface area contributed by atoms with E-state index in [1.807, 2.05) is 20.8 Å². The summed E-state index contributed by atoms with van der Waals surface area (Å²) in [6.45, 7) is 6.41. The van der Waals surface area contributed by atoms with Crippen LogP contribution >= 0.6 is 0 Å². The number of aromatic nitrogens is 2. The molecule has 0 saturated carbocycles. The molecule has 2 N–H and O–H groups in total. The monoisotopic (exact) mass is 283 g/mol. The molecule has 6 nitrogen and oxygen atoms in total. The Labute approximate surface area is 120 Å². The molecule has 6 heteroatoms. The van der Waals surface area contributed by atoms with Crippen LogP contribution in [0.4, 0.5) is 0 Å². The molecule has 1 rings (SSSR count). The van der Waals surface area contributed by atoms with Gasteiger partial charge in [-0.2, -0.15) is 4.98 Å². The Morgan fingerprint density at radius 1 is 1.40 bits per heavy atom. The lowest BCUT2D eigenvalue weighted by Gasteiger charge is -2.13. The first-order chi connectivity index (χ1) is 9.51. The Morgan fingerprint density at radius 2 is 2.15 bits per heavy atom. The zero-order chi connectivity index (χ0) is 15.0. The Balaban J connectivity index is 2.22. The van der Waals surface area contributed by atoms with Crippen molar-refractivity contribution >= 4 is 5.91 Å². The van der Waals surface area contributed by atoms with Gasteiger partial charge in [0.2, 0.25) is 11.8 Å². The highest BCUT2D eigenvalue weighted by atomic mass is 16.5. The Kier molecular flexibility index (Phi) is 7.22. The van der Waals surface area contributed by atoms with E-state index in [-0.39, 0.29) is 5.91 Å². The third-order valence-electron chi connectivity index (χ3n) is 2.83. The van der Waals surface area contributed by atoms with E-state index in [4.69, 9.17) is 4.52 Å². The molecule has 0 aliphatic heterocycles. The van der Waals surface area contributed by atoms with Crippen LogP contribution in [0.3, 0.4) is 0 Å². The maximum absolute atomic E-state index is 11.6. The summed E-state index contributed by atoms with van der Waals surface area (Å²) in [5.74, 6) is 1.49. The zero-order valence-corrected chi connectivity index (χ0v) is 12.6. The van der Waals surface area contributed by atoms with Gasteiger partial charge in [-0.15, -0.1) is 0 Å². The van der Waals surface area contributed by atoms with Crippen molar-refractivity contribution < 1.29 is 14.4 Å². The third-order valence-corrected chi connectivity index (χ3v) is 2.83. The lowest BCUT2D eigenvalue weighted by molar-refractivity contribution is -0.121. The van der Waals surface area contributed by atoms with Gasteiger partial charge in [-0.1, -0.05) is 25.9 Å². The van der Waals surface area contributed by atoms with Crippen LogP contribution < -0.4 is 5.32 Å². The summed E-state index contributed by atoms with van der Waals surface area (Å²) < 4.78 is 5.06. The fourth-order valence-electron chi connectivity index (χ4n) is 1.88. The molecule has 0 spiro atoms. The molecular formula is C14H25N3O3. The third kappa shape index (κ3) is 6.65. The molecule has 20 heavy (non-hydrogen) atoms. The minimum absolute atomic E-state index is 0.108. The van der Waals surface area contributed by atoms with Crippen molar-refractivity contribution in [3.8, 4) is 0 Å². The second kappa shape index (κ2) is 8.68. The first-order valence-electron chi connectivity index (χ1n) is 7.27. The van der Waals surface area contributed by atoms with Crippen molar-refractivity contribution in [3.63, 3.8) is 0 Å². The molecule has 114 valence electrons. The van der Waals surface area contributed by atoms with E-state index >= 15 is 0 Å². The zero-order valence-electron chi connectivity index (χ0n) is 12.6. The summed E-state index contributed by atoms with van der Waals surface area (Å²) in [5.41, 5.74) is 0. The number of rotatable bonds is 9. The van der Waals surface area contributed by atoms with Gasteiger partial charge in [-0.05, 0) is 18.8 Å². The average molecular weight is 283 g/mol. The first-order valence-corrected chi connectivity index (χ1v) is 7.27. The predicted molar refractivity (Wildman–Crippen MR) is 75.1 cm³/mol. The van der Waals surface area contributed by atoms with E-state index in [0.29, 0.717) is 43.4 Å². The van der Waals surface area contributed by atoms with Gasteiger partial charge >= 0.3 is 0 Å². The SMILES string of the molecule is CCCc1noc(CCC(=O)NCC(O)CC(C)C)n1. The van der Waals surface area contributed by atoms with E-state index < -0.39 is 6.10 Å². The number of carbonyl (C=O) groups is 1. The molecule has 1 unspecified atom stereocenters. The number of carbonyl (C=O) groups excluding carboxylic acids is 1. The maximum atomic E-state index is 11.6. The van der Waals surface area contributed by atoms with Crippen LogP contribution in [0.15, 0.2) is 4.52 Å². The summed E-state index contributed by atoms with van der Waals surface area (Å²) in [7, 11) is 0. The molecule has 1 atom stereocenters. The summed E-state index contributed by atoms with van der Waals surface area (Å²) in [5, 5.41) is 16.2. The second-order valence-electron chi connectivity index (χ2n) is 5.44. The molecule has 1 amide bonds. The van der Waals surface area contributed by atoms with Gasteiger partial charge in [0.05, 0.1) is 6.10 Å². The van der Waals surface area contributed by atoms with Crippen molar-refractivity contribution in [3.05, 3.63) is 11.7 Å². The standard InChI is InChI=1S/C14H25N3O3/c1-4-5-12-16-14(20-17-12)7-6-13(19)15-9-11(18)8-10(2)3/h10-11,18H,4-9H2,1-3H3,(H,15,19). The van der Waals surface area contributed by atoms with Gasteiger partial charge in [-0.3, -0.25) is 4.79 Å². The summed E-state index contributed by atoms with van der Waals surface area (Å²) >= 11 is 0. The Hall–Kier alpha value is -1.43. The number of aryl methyl sites for hydroxylation is 2. The molecule has 0 fully saturated rings. The number of aliphatic hydroxyl groups excluding tert-OH is 1. The number of nitrogens with zero attached hydrogens (tertiary/aromatic N) is 2. The largest absolute Gasteiger partial charge is 0.391 e. The normalized spacial score (nSPS) is 12.7. The van der Waals surface area contributed by atoms with Gasteiger partial charge in [-0.25, -0.2) is 0 Å². The van der Waals surface area contributed by atoms with Gasteiger partial charge in [0, 0.05) is 25.8 Å². The smallest absolute Gasteiger partial charge is 0.227 e. The van der Waals surface area contributed by atoms with E-state index in [1.165, 1.54) is 0 Å². The van der Waals surface area contributed by atoms with Gasteiger partial charge in [0.1, 0.15) is 0 Å². The van der Waals surface area contributed by atoms with Gasteiger partial charge in [0.15, 0.2) is 5.82 Å². The fourth-order valence-corrected chi connectivity index (χ4v) is 1.88. The van der Waals surface area contributed by atoms with E-state index in [0.717, 1.165) is 12.8 Å². The summed E-state index contributed by atoms with van der Waals surface area (Å²) in [6, 6.07) is 0. The Bertz CT molecular complexity index is 404. The van der Waals surface area contributed by atoms with Crippen molar-refractivity contribution in [2.45, 2.75) is 59.0 Å². The van der Waals surface area contributed by atoms with Crippen LogP contribution in [0, 0.1) is 5.92 Å². The molecule has 1 aromatic heterocycles. The summed E-state index contributed by atoms with van der Waals surface area (Å²) in [4.78, 5) is 15.8. The highest BCUT2D eigenvalue weighted by Crippen LogP contribution is 2.04. The van der Waals surface area contributed by atoms with Crippen LogP contribution in [-0.2, 0) is 17.6 Å². The van der Waals surface area contributed by atoms with Crippen LogP contribution in [0.5, 0.6) is 0 Å². The number of hydrogen-bond acceptors (Lipinski definition) is 5. The predicted octanol–water partition coefficient (Wildman–Crippen LogP) is 1.48. The van der Waals surface area contributed by atoms with Crippen LogP contribution in [0.2, 0.25) is 0 Å². The average Bonchev–Trinajstić information content (AvgIpc) is 2.81. The molecule has 0 bridgehead atoms.